The number of pyridine rings is 1. The van der Waals surface area contributed by atoms with E-state index in [9.17, 15) is 9.59 Å². The molecule has 0 saturated carbocycles. The third-order valence-electron chi connectivity index (χ3n) is 4.47. The van der Waals surface area contributed by atoms with E-state index in [0.717, 1.165) is 5.69 Å². The number of amides is 1. The Morgan fingerprint density at radius 3 is 2.41 bits per heavy atom. The van der Waals surface area contributed by atoms with Gasteiger partial charge >= 0.3 is 0 Å². The van der Waals surface area contributed by atoms with Crippen LogP contribution in [0, 0.1) is 0 Å². The van der Waals surface area contributed by atoms with E-state index in [4.69, 9.17) is 4.98 Å². The van der Waals surface area contributed by atoms with Gasteiger partial charge in [-0.3, -0.25) is 9.59 Å². The first kappa shape index (κ1) is 18.8. The van der Waals surface area contributed by atoms with Crippen LogP contribution in [0.1, 0.15) is 73.0 Å². The lowest BCUT2D eigenvalue weighted by Crippen LogP contribution is -2.16. The van der Waals surface area contributed by atoms with Gasteiger partial charge < -0.3 is 5.32 Å². The number of hydrogen-bond acceptors (Lipinski definition) is 4. The SMILES string of the molecule is CC(=O)c1ccccc1NC(=O)c1cc(C(C)C)nc2c1cnn2C(C)C. The van der Waals surface area contributed by atoms with Crippen LogP contribution in [0.2, 0.25) is 0 Å². The van der Waals surface area contributed by atoms with Crippen molar-refractivity contribution in [2.24, 2.45) is 0 Å². The summed E-state index contributed by atoms with van der Waals surface area (Å²) in [6.45, 7) is 9.62. The molecule has 0 aliphatic heterocycles. The van der Waals surface area contributed by atoms with Crippen LogP contribution >= 0.6 is 0 Å². The van der Waals surface area contributed by atoms with Crippen LogP contribution in [0.3, 0.4) is 0 Å². The number of aromatic nitrogens is 3. The second-order valence-corrected chi connectivity index (χ2v) is 7.23. The molecule has 2 heterocycles. The number of ketones is 1. The molecule has 0 unspecified atom stereocenters. The summed E-state index contributed by atoms with van der Waals surface area (Å²) < 4.78 is 1.82. The molecule has 2 aromatic heterocycles. The molecule has 0 fully saturated rings. The van der Waals surface area contributed by atoms with Crippen molar-refractivity contribution in [3.63, 3.8) is 0 Å². The second kappa shape index (κ2) is 7.31. The van der Waals surface area contributed by atoms with E-state index in [1.807, 2.05) is 38.4 Å². The average Bonchev–Trinajstić information content (AvgIpc) is 3.05. The molecule has 0 spiro atoms. The Balaban J connectivity index is 2.10. The van der Waals surface area contributed by atoms with Crippen molar-refractivity contribution >= 4 is 28.4 Å². The molecule has 3 aromatic rings. The zero-order valence-electron chi connectivity index (χ0n) is 16.3. The van der Waals surface area contributed by atoms with Crippen LogP contribution in [0.15, 0.2) is 36.5 Å². The maximum atomic E-state index is 13.1. The molecule has 1 aromatic carbocycles. The molecule has 1 amide bonds. The fourth-order valence-electron chi connectivity index (χ4n) is 2.99. The number of benzene rings is 1. The van der Waals surface area contributed by atoms with Gasteiger partial charge in [-0.15, -0.1) is 0 Å². The number of nitrogens with zero attached hydrogens (tertiary/aromatic N) is 3. The van der Waals surface area contributed by atoms with E-state index >= 15 is 0 Å². The second-order valence-electron chi connectivity index (χ2n) is 7.23. The molecule has 0 bridgehead atoms. The molecular formula is C21H24N4O2. The number of carbonyl (C=O) groups is 2. The van der Waals surface area contributed by atoms with Crippen LogP contribution in [0.4, 0.5) is 5.69 Å². The summed E-state index contributed by atoms with van der Waals surface area (Å²) >= 11 is 0. The lowest BCUT2D eigenvalue weighted by molar-refractivity contribution is 0.101. The van der Waals surface area contributed by atoms with E-state index in [2.05, 4.69) is 10.4 Å². The Morgan fingerprint density at radius 2 is 1.78 bits per heavy atom. The van der Waals surface area contributed by atoms with Gasteiger partial charge in [-0.25, -0.2) is 9.67 Å². The van der Waals surface area contributed by atoms with E-state index in [1.165, 1.54) is 6.92 Å². The van der Waals surface area contributed by atoms with Crippen molar-refractivity contribution in [3.05, 3.63) is 53.3 Å². The maximum absolute atomic E-state index is 13.1. The zero-order chi connectivity index (χ0) is 19.7. The largest absolute Gasteiger partial charge is 0.321 e. The van der Waals surface area contributed by atoms with Gasteiger partial charge in [0.25, 0.3) is 5.91 Å². The van der Waals surface area contributed by atoms with E-state index < -0.39 is 0 Å². The first-order valence-corrected chi connectivity index (χ1v) is 9.09. The molecule has 0 aliphatic carbocycles. The number of anilines is 1. The van der Waals surface area contributed by atoms with Crippen LogP contribution in [-0.2, 0) is 0 Å². The smallest absolute Gasteiger partial charge is 0.256 e. The minimum atomic E-state index is -0.277. The number of fused-ring (bicyclic) bond motifs is 1. The highest BCUT2D eigenvalue weighted by molar-refractivity contribution is 6.14. The quantitative estimate of drug-likeness (QED) is 0.672. The predicted molar refractivity (Wildman–Crippen MR) is 106 cm³/mol. The summed E-state index contributed by atoms with van der Waals surface area (Å²) in [6.07, 6.45) is 1.68. The molecular weight excluding hydrogens is 340 g/mol. The van der Waals surface area contributed by atoms with Crippen LogP contribution in [0.25, 0.3) is 11.0 Å². The fourth-order valence-corrected chi connectivity index (χ4v) is 2.99. The van der Waals surface area contributed by atoms with Crippen molar-refractivity contribution in [3.8, 4) is 0 Å². The maximum Gasteiger partial charge on any atom is 0.256 e. The molecule has 1 N–H and O–H groups in total. The van der Waals surface area contributed by atoms with Gasteiger partial charge in [0.15, 0.2) is 11.4 Å². The Kier molecular flexibility index (Phi) is 5.08. The van der Waals surface area contributed by atoms with Crippen molar-refractivity contribution in [2.75, 3.05) is 5.32 Å². The summed E-state index contributed by atoms with van der Waals surface area (Å²) in [6, 6.07) is 8.95. The van der Waals surface area contributed by atoms with Crippen LogP contribution < -0.4 is 5.32 Å². The van der Waals surface area contributed by atoms with Gasteiger partial charge in [0.1, 0.15) is 0 Å². The highest BCUT2D eigenvalue weighted by Gasteiger charge is 2.20. The van der Waals surface area contributed by atoms with Gasteiger partial charge in [0.05, 0.1) is 22.8 Å². The van der Waals surface area contributed by atoms with Gasteiger partial charge in [-0.05, 0) is 44.9 Å². The monoisotopic (exact) mass is 364 g/mol. The lowest BCUT2D eigenvalue weighted by atomic mass is 10.0. The highest BCUT2D eigenvalue weighted by Crippen LogP contribution is 2.26. The summed E-state index contributed by atoms with van der Waals surface area (Å²) in [5.74, 6) is -0.205. The highest BCUT2D eigenvalue weighted by atomic mass is 16.1. The van der Waals surface area contributed by atoms with Crippen molar-refractivity contribution in [1.82, 2.24) is 14.8 Å². The Morgan fingerprint density at radius 1 is 1.07 bits per heavy atom. The van der Waals surface area contributed by atoms with Gasteiger partial charge in [0, 0.05) is 17.3 Å². The minimum Gasteiger partial charge on any atom is -0.321 e. The molecule has 3 rings (SSSR count). The molecule has 6 heteroatoms. The third kappa shape index (κ3) is 3.60. The average molecular weight is 364 g/mol. The van der Waals surface area contributed by atoms with Gasteiger partial charge in [-0.1, -0.05) is 26.0 Å². The number of hydrogen-bond donors (Lipinski definition) is 1. The normalized spacial score (nSPS) is 11.4. The molecule has 0 aliphatic rings. The molecule has 0 saturated heterocycles. The fraction of sp³-hybridized carbons (Fsp3) is 0.333. The summed E-state index contributed by atoms with van der Waals surface area (Å²) in [4.78, 5) is 29.6. The van der Waals surface area contributed by atoms with E-state index in [0.29, 0.717) is 27.8 Å². The molecule has 0 radical (unpaired) electrons. The number of rotatable bonds is 5. The van der Waals surface area contributed by atoms with Gasteiger partial charge in [-0.2, -0.15) is 5.10 Å². The zero-order valence-corrected chi connectivity index (χ0v) is 16.3. The molecule has 6 nitrogen and oxygen atoms in total. The number of nitrogens with one attached hydrogen (secondary N) is 1. The number of carbonyl (C=O) groups excluding carboxylic acids is 2. The first-order chi connectivity index (χ1) is 12.8. The number of Topliss-reactive ketones (excluding diaryl/α,β-unsaturated/α-hetero) is 1. The Hall–Kier alpha value is -3.02. The first-order valence-electron chi connectivity index (χ1n) is 9.09. The van der Waals surface area contributed by atoms with Crippen molar-refractivity contribution < 1.29 is 9.59 Å². The standard InChI is InChI=1S/C21H24N4O2/c1-12(2)19-10-16(17-11-22-25(13(3)4)20(17)23-19)21(27)24-18-9-7-6-8-15(18)14(5)26/h6-13H,1-5H3,(H,24,27). The minimum absolute atomic E-state index is 0.0960. The van der Waals surface area contributed by atoms with Crippen LogP contribution in [0.5, 0.6) is 0 Å². The summed E-state index contributed by atoms with van der Waals surface area (Å²) in [5.41, 5.74) is 3.02. The molecule has 0 atom stereocenters. The predicted octanol–water partition coefficient (Wildman–Crippen LogP) is 4.59. The van der Waals surface area contributed by atoms with Gasteiger partial charge in [0.2, 0.25) is 0 Å². The lowest BCUT2D eigenvalue weighted by Gasteiger charge is -2.13. The Bertz CT molecular complexity index is 1020. The van der Waals surface area contributed by atoms with E-state index in [-0.39, 0.29) is 23.7 Å². The van der Waals surface area contributed by atoms with Crippen LogP contribution in [-0.4, -0.2) is 26.5 Å². The Labute approximate surface area is 158 Å². The summed E-state index contributed by atoms with van der Waals surface area (Å²) in [5, 5.41) is 7.99. The molecule has 27 heavy (non-hydrogen) atoms. The van der Waals surface area contributed by atoms with Crippen molar-refractivity contribution in [2.45, 2.75) is 46.6 Å². The topological polar surface area (TPSA) is 76.9 Å². The summed E-state index contributed by atoms with van der Waals surface area (Å²) in [7, 11) is 0. The number of para-hydroxylation sites is 1. The molecule has 140 valence electrons. The van der Waals surface area contributed by atoms with Crippen molar-refractivity contribution in [1.29, 1.82) is 0 Å². The third-order valence-corrected chi connectivity index (χ3v) is 4.47. The van der Waals surface area contributed by atoms with E-state index in [1.54, 1.807) is 30.5 Å².